The highest BCUT2D eigenvalue weighted by atomic mass is 16.2. The van der Waals surface area contributed by atoms with Gasteiger partial charge in [0.05, 0.1) is 6.04 Å². The molecule has 1 heterocycles. The van der Waals surface area contributed by atoms with E-state index in [9.17, 15) is 4.79 Å². The number of carbonyl (C=O) groups excluding carboxylic acids is 1. The summed E-state index contributed by atoms with van der Waals surface area (Å²) in [5.41, 5.74) is 8.06. The number of fused-ring (bicyclic) bond motifs is 1. The Kier molecular flexibility index (Phi) is 3.15. The number of nitrogens with one attached hydrogen (secondary N) is 1. The van der Waals surface area contributed by atoms with Gasteiger partial charge in [0.2, 0.25) is 5.91 Å². The molecule has 0 saturated carbocycles. The lowest BCUT2D eigenvalue weighted by Gasteiger charge is -2.16. The van der Waals surface area contributed by atoms with Crippen LogP contribution in [0, 0.1) is 0 Å². The molecule has 0 fully saturated rings. The van der Waals surface area contributed by atoms with E-state index in [2.05, 4.69) is 4.98 Å². The minimum absolute atomic E-state index is 0.0460. The highest BCUT2D eigenvalue weighted by Crippen LogP contribution is 2.18. The van der Waals surface area contributed by atoms with Gasteiger partial charge in [0, 0.05) is 31.2 Å². The zero-order valence-electron chi connectivity index (χ0n) is 10.1. The van der Waals surface area contributed by atoms with Crippen LogP contribution in [0.25, 0.3) is 10.9 Å². The molecule has 4 heteroatoms. The van der Waals surface area contributed by atoms with Crippen LogP contribution in [0.3, 0.4) is 0 Å². The SMILES string of the molecule is CN(C)C(=O)[C@H](N)Cc1c[nH]c2ccccc12. The van der Waals surface area contributed by atoms with Gasteiger partial charge in [-0.2, -0.15) is 0 Å². The summed E-state index contributed by atoms with van der Waals surface area (Å²) in [7, 11) is 3.44. The van der Waals surface area contributed by atoms with Crippen LogP contribution in [0.4, 0.5) is 0 Å². The third-order valence-electron chi connectivity index (χ3n) is 2.87. The molecule has 0 radical (unpaired) electrons. The van der Waals surface area contributed by atoms with E-state index in [0.29, 0.717) is 6.42 Å². The van der Waals surface area contributed by atoms with Crippen LogP contribution in [0.15, 0.2) is 30.5 Å². The van der Waals surface area contributed by atoms with Gasteiger partial charge in [-0.05, 0) is 18.1 Å². The molecule has 0 unspecified atom stereocenters. The number of H-pyrrole nitrogens is 1. The van der Waals surface area contributed by atoms with Crippen LogP contribution < -0.4 is 5.73 Å². The van der Waals surface area contributed by atoms with Crippen LogP contribution in [0.2, 0.25) is 0 Å². The van der Waals surface area contributed by atoms with Crippen molar-refractivity contribution in [2.75, 3.05) is 14.1 Å². The maximum atomic E-state index is 11.7. The van der Waals surface area contributed by atoms with Crippen molar-refractivity contribution < 1.29 is 4.79 Å². The van der Waals surface area contributed by atoms with Crippen molar-refractivity contribution in [2.24, 2.45) is 5.73 Å². The number of nitrogens with two attached hydrogens (primary N) is 1. The number of hydrogen-bond donors (Lipinski definition) is 2. The number of likely N-dealkylation sites (N-methyl/N-ethyl adjacent to an activating group) is 1. The maximum absolute atomic E-state index is 11.7. The first-order valence-corrected chi connectivity index (χ1v) is 5.61. The normalized spacial score (nSPS) is 12.6. The summed E-state index contributed by atoms with van der Waals surface area (Å²) in [5.74, 6) is -0.0460. The second-order valence-corrected chi connectivity index (χ2v) is 4.40. The van der Waals surface area contributed by atoms with E-state index in [1.54, 1.807) is 14.1 Å². The summed E-state index contributed by atoms with van der Waals surface area (Å²) in [6.45, 7) is 0. The van der Waals surface area contributed by atoms with Gasteiger partial charge in [-0.3, -0.25) is 4.79 Å². The minimum atomic E-state index is -0.482. The largest absolute Gasteiger partial charge is 0.361 e. The Morgan fingerprint density at radius 3 is 2.82 bits per heavy atom. The Morgan fingerprint density at radius 2 is 2.12 bits per heavy atom. The van der Waals surface area contributed by atoms with Crippen molar-refractivity contribution in [1.82, 2.24) is 9.88 Å². The molecule has 0 aliphatic rings. The fraction of sp³-hybridized carbons (Fsp3) is 0.308. The third-order valence-corrected chi connectivity index (χ3v) is 2.87. The molecular weight excluding hydrogens is 214 g/mol. The fourth-order valence-corrected chi connectivity index (χ4v) is 1.96. The zero-order chi connectivity index (χ0) is 12.4. The number of nitrogens with zero attached hydrogens (tertiary/aromatic N) is 1. The Bertz CT molecular complexity index is 530. The predicted molar refractivity (Wildman–Crippen MR) is 68.7 cm³/mol. The van der Waals surface area contributed by atoms with Gasteiger partial charge in [0.15, 0.2) is 0 Å². The summed E-state index contributed by atoms with van der Waals surface area (Å²) in [6, 6.07) is 7.53. The molecule has 2 rings (SSSR count). The van der Waals surface area contributed by atoms with Gasteiger partial charge in [0.25, 0.3) is 0 Å². The van der Waals surface area contributed by atoms with Gasteiger partial charge in [-0.25, -0.2) is 0 Å². The summed E-state index contributed by atoms with van der Waals surface area (Å²) < 4.78 is 0. The van der Waals surface area contributed by atoms with Crippen LogP contribution in [0.1, 0.15) is 5.56 Å². The Hall–Kier alpha value is -1.81. The number of aromatic amines is 1. The maximum Gasteiger partial charge on any atom is 0.239 e. The van der Waals surface area contributed by atoms with Gasteiger partial charge in [-0.1, -0.05) is 18.2 Å². The fourth-order valence-electron chi connectivity index (χ4n) is 1.96. The number of aromatic nitrogens is 1. The monoisotopic (exact) mass is 231 g/mol. The zero-order valence-corrected chi connectivity index (χ0v) is 10.1. The number of amides is 1. The first-order chi connectivity index (χ1) is 8.09. The average Bonchev–Trinajstić information content (AvgIpc) is 2.71. The molecule has 3 N–H and O–H groups in total. The van der Waals surface area contributed by atoms with Crippen LogP contribution >= 0.6 is 0 Å². The average molecular weight is 231 g/mol. The van der Waals surface area contributed by atoms with Crippen molar-refractivity contribution >= 4 is 16.8 Å². The van der Waals surface area contributed by atoms with E-state index in [1.807, 2.05) is 30.5 Å². The lowest BCUT2D eigenvalue weighted by atomic mass is 10.0. The van der Waals surface area contributed by atoms with Crippen LogP contribution in [0.5, 0.6) is 0 Å². The highest BCUT2D eigenvalue weighted by Gasteiger charge is 2.17. The quantitative estimate of drug-likeness (QED) is 0.831. The standard InChI is InChI=1S/C13H17N3O/c1-16(2)13(17)11(14)7-9-8-15-12-6-4-3-5-10(9)12/h3-6,8,11,15H,7,14H2,1-2H3/t11-/m1/s1. The second-order valence-electron chi connectivity index (χ2n) is 4.40. The molecular formula is C13H17N3O. The number of rotatable bonds is 3. The molecule has 90 valence electrons. The molecule has 0 spiro atoms. The van der Waals surface area contributed by atoms with Gasteiger partial charge < -0.3 is 15.6 Å². The number of hydrogen-bond acceptors (Lipinski definition) is 2. The minimum Gasteiger partial charge on any atom is -0.361 e. The molecule has 0 saturated heterocycles. The third kappa shape index (κ3) is 2.31. The summed E-state index contributed by atoms with van der Waals surface area (Å²) >= 11 is 0. The van der Waals surface area contributed by atoms with Crippen molar-refractivity contribution in [3.05, 3.63) is 36.0 Å². The van der Waals surface area contributed by atoms with E-state index < -0.39 is 6.04 Å². The molecule has 1 aromatic carbocycles. The summed E-state index contributed by atoms with van der Waals surface area (Å²) in [5, 5.41) is 1.13. The number of carbonyl (C=O) groups is 1. The van der Waals surface area contributed by atoms with Gasteiger partial charge >= 0.3 is 0 Å². The molecule has 2 aromatic rings. The van der Waals surface area contributed by atoms with Crippen molar-refractivity contribution in [3.8, 4) is 0 Å². The molecule has 4 nitrogen and oxygen atoms in total. The topological polar surface area (TPSA) is 62.1 Å². The first kappa shape index (κ1) is 11.7. The number of benzene rings is 1. The second kappa shape index (κ2) is 4.59. The van der Waals surface area contributed by atoms with Gasteiger partial charge in [-0.15, -0.1) is 0 Å². The number of para-hydroxylation sites is 1. The molecule has 1 aromatic heterocycles. The van der Waals surface area contributed by atoms with E-state index in [4.69, 9.17) is 5.73 Å². The Balaban J connectivity index is 2.21. The van der Waals surface area contributed by atoms with E-state index in [-0.39, 0.29) is 5.91 Å². The smallest absolute Gasteiger partial charge is 0.239 e. The lowest BCUT2D eigenvalue weighted by molar-refractivity contribution is -0.130. The molecule has 0 bridgehead atoms. The van der Waals surface area contributed by atoms with E-state index in [0.717, 1.165) is 16.5 Å². The van der Waals surface area contributed by atoms with Crippen LogP contribution in [-0.4, -0.2) is 35.9 Å². The Morgan fingerprint density at radius 1 is 1.41 bits per heavy atom. The highest BCUT2D eigenvalue weighted by molar-refractivity contribution is 5.85. The van der Waals surface area contributed by atoms with E-state index >= 15 is 0 Å². The van der Waals surface area contributed by atoms with Crippen LogP contribution in [-0.2, 0) is 11.2 Å². The summed E-state index contributed by atoms with van der Waals surface area (Å²) in [6.07, 6.45) is 2.48. The summed E-state index contributed by atoms with van der Waals surface area (Å²) in [4.78, 5) is 16.4. The Labute approximate surface area is 100 Å². The van der Waals surface area contributed by atoms with E-state index in [1.165, 1.54) is 4.90 Å². The molecule has 0 aliphatic carbocycles. The molecule has 0 aliphatic heterocycles. The predicted octanol–water partition coefficient (Wildman–Crippen LogP) is 1.13. The molecule has 17 heavy (non-hydrogen) atoms. The van der Waals surface area contributed by atoms with Gasteiger partial charge in [0.1, 0.15) is 0 Å². The van der Waals surface area contributed by atoms with Crippen molar-refractivity contribution in [2.45, 2.75) is 12.5 Å². The first-order valence-electron chi connectivity index (χ1n) is 5.61. The molecule has 1 amide bonds. The van der Waals surface area contributed by atoms with Crippen molar-refractivity contribution in [1.29, 1.82) is 0 Å². The van der Waals surface area contributed by atoms with Crippen molar-refractivity contribution in [3.63, 3.8) is 0 Å². The lowest BCUT2D eigenvalue weighted by Crippen LogP contribution is -2.41. The molecule has 1 atom stereocenters.